The summed E-state index contributed by atoms with van der Waals surface area (Å²) in [6.07, 6.45) is 2.74. The molecular formula is C19H17FN4O6. The van der Waals surface area contributed by atoms with E-state index in [4.69, 9.17) is 9.47 Å². The standard InChI is InChI=1S/C19H17FN4O6/c20-13-8-12(24(27)28)4-5-16(13)30-17-7-11-10-21-23(18-3-1-2-6-29-18)15(11)9-14(17)22-19(25)26/h4-5,7-10,18,22H,1-3,6H2,(H,25,26). The van der Waals surface area contributed by atoms with Gasteiger partial charge in [0.05, 0.1) is 28.4 Å². The molecule has 0 bridgehead atoms. The van der Waals surface area contributed by atoms with Gasteiger partial charge in [-0.1, -0.05) is 0 Å². The summed E-state index contributed by atoms with van der Waals surface area (Å²) in [6, 6.07) is 6.00. The summed E-state index contributed by atoms with van der Waals surface area (Å²) in [5.41, 5.74) is 0.278. The van der Waals surface area contributed by atoms with Crippen LogP contribution in [-0.2, 0) is 4.74 Å². The molecule has 1 fully saturated rings. The number of rotatable bonds is 5. The van der Waals surface area contributed by atoms with E-state index in [0.717, 1.165) is 37.5 Å². The zero-order valence-electron chi connectivity index (χ0n) is 15.6. The SMILES string of the molecule is O=C(O)Nc1cc2c(cnn2C2CCCCO2)cc1Oc1ccc([N+](=O)[O-])cc1F. The Balaban J connectivity index is 1.73. The summed E-state index contributed by atoms with van der Waals surface area (Å²) in [4.78, 5) is 21.3. The Kier molecular flexibility index (Phi) is 5.19. The molecule has 3 aromatic rings. The third-order valence-electron chi connectivity index (χ3n) is 4.71. The third kappa shape index (κ3) is 3.87. The number of nitrogens with one attached hydrogen (secondary N) is 1. The summed E-state index contributed by atoms with van der Waals surface area (Å²) in [5, 5.41) is 27.2. The highest BCUT2D eigenvalue weighted by atomic mass is 19.1. The second-order valence-corrected chi connectivity index (χ2v) is 6.72. The highest BCUT2D eigenvalue weighted by molar-refractivity contribution is 5.92. The lowest BCUT2D eigenvalue weighted by Gasteiger charge is -2.23. The van der Waals surface area contributed by atoms with Crippen molar-refractivity contribution >= 4 is 28.4 Å². The smallest absolute Gasteiger partial charge is 0.409 e. The molecule has 1 amide bonds. The number of nitro groups is 1. The van der Waals surface area contributed by atoms with Crippen LogP contribution in [0.3, 0.4) is 0 Å². The van der Waals surface area contributed by atoms with Crippen molar-refractivity contribution in [2.24, 2.45) is 0 Å². The molecule has 0 radical (unpaired) electrons. The average molecular weight is 416 g/mol. The van der Waals surface area contributed by atoms with E-state index in [1.807, 2.05) is 0 Å². The number of carboxylic acid groups (broad SMARTS) is 1. The maximum absolute atomic E-state index is 14.3. The highest BCUT2D eigenvalue weighted by Crippen LogP contribution is 2.37. The van der Waals surface area contributed by atoms with Crippen LogP contribution >= 0.6 is 0 Å². The van der Waals surface area contributed by atoms with Crippen molar-refractivity contribution in [3.8, 4) is 11.5 Å². The molecule has 1 unspecified atom stereocenters. The van der Waals surface area contributed by atoms with E-state index in [0.29, 0.717) is 17.5 Å². The number of nitrogens with zero attached hydrogens (tertiary/aromatic N) is 3. The molecule has 0 aliphatic carbocycles. The van der Waals surface area contributed by atoms with Crippen LogP contribution in [-0.4, -0.2) is 32.5 Å². The van der Waals surface area contributed by atoms with Gasteiger partial charge in [-0.15, -0.1) is 0 Å². The number of benzene rings is 2. The van der Waals surface area contributed by atoms with Crippen LogP contribution in [0.4, 0.5) is 20.6 Å². The molecule has 11 heteroatoms. The van der Waals surface area contributed by atoms with Crippen molar-refractivity contribution < 1.29 is 28.7 Å². The molecule has 10 nitrogen and oxygen atoms in total. The van der Waals surface area contributed by atoms with Gasteiger partial charge in [0.2, 0.25) is 0 Å². The van der Waals surface area contributed by atoms with E-state index < -0.39 is 22.5 Å². The third-order valence-corrected chi connectivity index (χ3v) is 4.71. The number of halogens is 1. The summed E-state index contributed by atoms with van der Waals surface area (Å²) in [5.74, 6) is -1.20. The normalized spacial score (nSPS) is 16.4. The quantitative estimate of drug-likeness (QED) is 0.457. The molecule has 2 aromatic carbocycles. The van der Waals surface area contributed by atoms with Crippen LogP contribution in [0.2, 0.25) is 0 Å². The van der Waals surface area contributed by atoms with Gasteiger partial charge in [-0.25, -0.2) is 13.9 Å². The lowest BCUT2D eigenvalue weighted by molar-refractivity contribution is -0.385. The van der Waals surface area contributed by atoms with Crippen LogP contribution in [0.5, 0.6) is 11.5 Å². The van der Waals surface area contributed by atoms with Crippen LogP contribution in [0.15, 0.2) is 36.5 Å². The minimum atomic E-state index is -1.33. The second-order valence-electron chi connectivity index (χ2n) is 6.72. The zero-order chi connectivity index (χ0) is 21.3. The Morgan fingerprint density at radius 1 is 1.33 bits per heavy atom. The average Bonchev–Trinajstić information content (AvgIpc) is 3.12. The topological polar surface area (TPSA) is 129 Å². The predicted octanol–water partition coefficient (Wildman–Crippen LogP) is 4.66. The monoisotopic (exact) mass is 416 g/mol. The van der Waals surface area contributed by atoms with Gasteiger partial charge in [0.15, 0.2) is 23.5 Å². The van der Waals surface area contributed by atoms with E-state index in [2.05, 4.69) is 10.4 Å². The van der Waals surface area contributed by atoms with Crippen molar-refractivity contribution in [1.29, 1.82) is 0 Å². The molecule has 1 aliphatic rings. The number of hydrogen-bond acceptors (Lipinski definition) is 6. The second kappa shape index (κ2) is 7.95. The van der Waals surface area contributed by atoms with E-state index in [9.17, 15) is 24.4 Å². The fraction of sp³-hybridized carbons (Fsp3) is 0.263. The van der Waals surface area contributed by atoms with Gasteiger partial charge >= 0.3 is 6.09 Å². The van der Waals surface area contributed by atoms with Crippen LogP contribution in [0.25, 0.3) is 10.9 Å². The highest BCUT2D eigenvalue weighted by Gasteiger charge is 2.21. The summed E-state index contributed by atoms with van der Waals surface area (Å²) >= 11 is 0. The number of carbonyl (C=O) groups is 1. The van der Waals surface area contributed by atoms with E-state index >= 15 is 0 Å². The van der Waals surface area contributed by atoms with Crippen molar-refractivity contribution in [3.05, 3.63) is 52.5 Å². The van der Waals surface area contributed by atoms with Crippen molar-refractivity contribution in [2.45, 2.75) is 25.5 Å². The number of amides is 1. The molecule has 0 spiro atoms. The zero-order valence-corrected chi connectivity index (χ0v) is 15.6. The number of fused-ring (bicyclic) bond motifs is 1. The molecule has 1 aromatic heterocycles. The Bertz CT molecular complexity index is 1130. The number of anilines is 1. The van der Waals surface area contributed by atoms with Crippen LogP contribution in [0.1, 0.15) is 25.5 Å². The first-order valence-electron chi connectivity index (χ1n) is 9.17. The molecule has 4 rings (SSSR count). The first kappa shape index (κ1) is 19.6. The van der Waals surface area contributed by atoms with Gasteiger partial charge < -0.3 is 14.6 Å². The minimum Gasteiger partial charge on any atom is -0.465 e. The molecule has 0 saturated carbocycles. The molecule has 2 N–H and O–H groups in total. The van der Waals surface area contributed by atoms with Crippen molar-refractivity contribution in [2.75, 3.05) is 11.9 Å². The van der Waals surface area contributed by atoms with Gasteiger partial charge in [0.25, 0.3) is 5.69 Å². The van der Waals surface area contributed by atoms with Gasteiger partial charge in [-0.3, -0.25) is 15.4 Å². The Morgan fingerprint density at radius 2 is 2.17 bits per heavy atom. The Hall–Kier alpha value is -3.73. The number of non-ortho nitro benzene ring substituents is 1. The lowest BCUT2D eigenvalue weighted by Crippen LogP contribution is -2.19. The fourth-order valence-electron chi connectivity index (χ4n) is 3.32. The van der Waals surface area contributed by atoms with Gasteiger partial charge in [-0.2, -0.15) is 5.10 Å². The number of ether oxygens (including phenoxy) is 2. The Labute approximate surface area is 169 Å². The van der Waals surface area contributed by atoms with Crippen molar-refractivity contribution in [1.82, 2.24) is 9.78 Å². The van der Waals surface area contributed by atoms with Gasteiger partial charge in [-0.05, 0) is 37.5 Å². The van der Waals surface area contributed by atoms with Crippen LogP contribution < -0.4 is 10.1 Å². The lowest BCUT2D eigenvalue weighted by atomic mass is 10.1. The predicted molar refractivity (Wildman–Crippen MR) is 103 cm³/mol. The molecule has 2 heterocycles. The van der Waals surface area contributed by atoms with Gasteiger partial charge in [0, 0.05) is 18.1 Å². The van der Waals surface area contributed by atoms with E-state index in [-0.39, 0.29) is 23.4 Å². The molecule has 1 atom stereocenters. The number of nitro benzene ring substituents is 1. The van der Waals surface area contributed by atoms with E-state index in [1.165, 1.54) is 12.1 Å². The molecule has 156 valence electrons. The van der Waals surface area contributed by atoms with E-state index in [1.54, 1.807) is 10.9 Å². The first-order chi connectivity index (χ1) is 14.4. The minimum absolute atomic E-state index is 0.0294. The van der Waals surface area contributed by atoms with Crippen LogP contribution in [0, 0.1) is 15.9 Å². The summed E-state index contributed by atoms with van der Waals surface area (Å²) in [7, 11) is 0. The van der Waals surface area contributed by atoms with Gasteiger partial charge in [0.1, 0.15) is 0 Å². The molecule has 1 saturated heterocycles. The molecule has 1 aliphatic heterocycles. The summed E-state index contributed by atoms with van der Waals surface area (Å²) < 4.78 is 27.2. The van der Waals surface area contributed by atoms with Crippen molar-refractivity contribution in [3.63, 3.8) is 0 Å². The summed E-state index contributed by atoms with van der Waals surface area (Å²) in [6.45, 7) is 0.618. The maximum atomic E-state index is 14.3. The molecular weight excluding hydrogens is 399 g/mol. The molecule has 30 heavy (non-hydrogen) atoms. The number of hydrogen-bond donors (Lipinski definition) is 2. The maximum Gasteiger partial charge on any atom is 0.409 e. The number of aromatic nitrogens is 2. The largest absolute Gasteiger partial charge is 0.465 e. The first-order valence-corrected chi connectivity index (χ1v) is 9.17. The Morgan fingerprint density at radius 3 is 2.83 bits per heavy atom. The fourth-order valence-corrected chi connectivity index (χ4v) is 3.32.